The Labute approximate surface area is 79.0 Å². The summed E-state index contributed by atoms with van der Waals surface area (Å²) in [5.41, 5.74) is 3.39. The van der Waals surface area contributed by atoms with E-state index >= 15 is 0 Å². The largest absolute Gasteiger partial charge is 0.303 e. The van der Waals surface area contributed by atoms with Crippen LogP contribution in [0.3, 0.4) is 0 Å². The van der Waals surface area contributed by atoms with Gasteiger partial charge in [0, 0.05) is 17.8 Å². The second kappa shape index (κ2) is 4.17. The number of hydrogen-bond donors (Lipinski definition) is 0. The highest BCUT2D eigenvalue weighted by molar-refractivity contribution is 5.53. The van der Waals surface area contributed by atoms with Gasteiger partial charge in [0.2, 0.25) is 0 Å². The number of aldehydes is 1. The Morgan fingerprint density at radius 3 is 2.77 bits per heavy atom. The van der Waals surface area contributed by atoms with E-state index in [9.17, 15) is 4.79 Å². The summed E-state index contributed by atoms with van der Waals surface area (Å²) >= 11 is 0. The summed E-state index contributed by atoms with van der Waals surface area (Å²) in [5.74, 6) is 0.0870. The molecule has 0 radical (unpaired) electrons. The van der Waals surface area contributed by atoms with Gasteiger partial charge in [-0.15, -0.1) is 0 Å². The summed E-state index contributed by atoms with van der Waals surface area (Å²) in [6.07, 6.45) is 3.62. The summed E-state index contributed by atoms with van der Waals surface area (Å²) in [4.78, 5) is 14.7. The molecule has 13 heavy (non-hydrogen) atoms. The molecule has 0 bridgehead atoms. The van der Waals surface area contributed by atoms with Crippen molar-refractivity contribution in [2.24, 2.45) is 5.92 Å². The maximum absolute atomic E-state index is 10.4. The summed E-state index contributed by atoms with van der Waals surface area (Å²) in [5, 5.41) is 0. The van der Waals surface area contributed by atoms with E-state index in [-0.39, 0.29) is 5.92 Å². The maximum Gasteiger partial charge on any atom is 0.123 e. The molecule has 0 aliphatic heterocycles. The smallest absolute Gasteiger partial charge is 0.123 e. The van der Waals surface area contributed by atoms with Crippen LogP contribution in [0.5, 0.6) is 0 Å². The van der Waals surface area contributed by atoms with Crippen LogP contribution >= 0.6 is 0 Å². The zero-order valence-corrected chi connectivity index (χ0v) is 8.37. The van der Waals surface area contributed by atoms with Crippen LogP contribution < -0.4 is 0 Å². The zero-order chi connectivity index (χ0) is 9.84. The van der Waals surface area contributed by atoms with Gasteiger partial charge in [0.1, 0.15) is 6.29 Å². The van der Waals surface area contributed by atoms with E-state index in [0.29, 0.717) is 0 Å². The van der Waals surface area contributed by atoms with Gasteiger partial charge in [0.05, 0.1) is 0 Å². The second-order valence-electron chi connectivity index (χ2n) is 3.56. The lowest BCUT2D eigenvalue weighted by molar-refractivity contribution is -0.110. The molecule has 0 fully saturated rings. The minimum Gasteiger partial charge on any atom is -0.303 e. The SMILES string of the molecule is Cc1cc(CC(C)C=O)cnc1C. The van der Waals surface area contributed by atoms with Crippen LogP contribution in [0.25, 0.3) is 0 Å². The van der Waals surface area contributed by atoms with Crippen molar-refractivity contribution in [1.29, 1.82) is 0 Å². The Kier molecular flexibility index (Phi) is 3.18. The van der Waals surface area contributed by atoms with Crippen molar-refractivity contribution < 1.29 is 4.79 Å². The summed E-state index contributed by atoms with van der Waals surface area (Å²) in [7, 11) is 0. The van der Waals surface area contributed by atoms with Crippen LogP contribution in [0.4, 0.5) is 0 Å². The van der Waals surface area contributed by atoms with Crippen LogP contribution in [0.1, 0.15) is 23.7 Å². The standard InChI is InChI=1S/C11H15NO/c1-8(7-13)4-11-5-9(2)10(3)12-6-11/h5-8H,4H2,1-3H3. The number of carbonyl (C=O) groups excluding carboxylic acids is 1. The molecule has 1 atom stereocenters. The summed E-state index contributed by atoms with van der Waals surface area (Å²) < 4.78 is 0. The zero-order valence-electron chi connectivity index (χ0n) is 8.37. The Morgan fingerprint density at radius 2 is 2.23 bits per heavy atom. The predicted molar refractivity (Wildman–Crippen MR) is 52.6 cm³/mol. The van der Waals surface area contributed by atoms with Crippen molar-refractivity contribution in [2.75, 3.05) is 0 Å². The van der Waals surface area contributed by atoms with Gasteiger partial charge < -0.3 is 4.79 Å². The number of pyridine rings is 1. The Hall–Kier alpha value is -1.18. The first kappa shape index (κ1) is 9.90. The van der Waals surface area contributed by atoms with Crippen molar-refractivity contribution >= 4 is 6.29 Å². The predicted octanol–water partition coefficient (Wildman–Crippen LogP) is 2.08. The lowest BCUT2D eigenvalue weighted by Gasteiger charge is -2.05. The lowest BCUT2D eigenvalue weighted by Crippen LogP contribution is -2.02. The van der Waals surface area contributed by atoms with E-state index < -0.39 is 0 Å². The molecular formula is C11H15NO. The number of carbonyl (C=O) groups is 1. The van der Waals surface area contributed by atoms with Gasteiger partial charge in [0.25, 0.3) is 0 Å². The first-order valence-corrected chi connectivity index (χ1v) is 4.51. The number of aryl methyl sites for hydroxylation is 2. The summed E-state index contributed by atoms with van der Waals surface area (Å²) in [6.45, 7) is 5.95. The fraction of sp³-hybridized carbons (Fsp3) is 0.455. The third kappa shape index (κ3) is 2.65. The van der Waals surface area contributed by atoms with Crippen LogP contribution in [0.15, 0.2) is 12.3 Å². The van der Waals surface area contributed by atoms with Crippen molar-refractivity contribution in [3.05, 3.63) is 29.1 Å². The summed E-state index contributed by atoms with van der Waals surface area (Å²) in [6, 6.07) is 2.10. The molecule has 0 aliphatic carbocycles. The van der Waals surface area contributed by atoms with E-state index in [4.69, 9.17) is 0 Å². The molecule has 2 nitrogen and oxygen atoms in total. The highest BCUT2D eigenvalue weighted by atomic mass is 16.1. The molecule has 0 saturated heterocycles. The fourth-order valence-electron chi connectivity index (χ4n) is 1.23. The quantitative estimate of drug-likeness (QED) is 0.661. The van der Waals surface area contributed by atoms with Crippen molar-refractivity contribution in [2.45, 2.75) is 27.2 Å². The van der Waals surface area contributed by atoms with Crippen LogP contribution in [0, 0.1) is 19.8 Å². The minimum absolute atomic E-state index is 0.0870. The van der Waals surface area contributed by atoms with Crippen LogP contribution in [-0.2, 0) is 11.2 Å². The molecular weight excluding hydrogens is 162 g/mol. The third-order valence-electron chi connectivity index (χ3n) is 2.19. The van der Waals surface area contributed by atoms with Crippen LogP contribution in [-0.4, -0.2) is 11.3 Å². The molecule has 0 aromatic carbocycles. The average Bonchev–Trinajstić information content (AvgIpc) is 2.11. The van der Waals surface area contributed by atoms with Crippen molar-refractivity contribution in [3.8, 4) is 0 Å². The topological polar surface area (TPSA) is 30.0 Å². The fourth-order valence-corrected chi connectivity index (χ4v) is 1.23. The molecule has 2 heteroatoms. The molecule has 0 aliphatic rings. The van der Waals surface area contributed by atoms with E-state index in [0.717, 1.165) is 24.0 Å². The molecule has 1 heterocycles. The van der Waals surface area contributed by atoms with Gasteiger partial charge in [-0.25, -0.2) is 0 Å². The number of nitrogens with zero attached hydrogens (tertiary/aromatic N) is 1. The highest BCUT2D eigenvalue weighted by Crippen LogP contribution is 2.10. The molecule has 0 spiro atoms. The Balaban J connectivity index is 2.79. The first-order chi connectivity index (χ1) is 6.13. The Bertz CT molecular complexity index is 307. The average molecular weight is 177 g/mol. The number of aromatic nitrogens is 1. The molecule has 1 aromatic heterocycles. The van der Waals surface area contributed by atoms with Crippen molar-refractivity contribution in [1.82, 2.24) is 4.98 Å². The molecule has 0 saturated carbocycles. The molecule has 1 aromatic rings. The highest BCUT2D eigenvalue weighted by Gasteiger charge is 2.03. The molecule has 0 amide bonds. The Morgan fingerprint density at radius 1 is 1.54 bits per heavy atom. The van der Waals surface area contributed by atoms with Gasteiger partial charge in [-0.05, 0) is 31.4 Å². The first-order valence-electron chi connectivity index (χ1n) is 4.51. The van der Waals surface area contributed by atoms with Crippen LogP contribution in [0.2, 0.25) is 0 Å². The van der Waals surface area contributed by atoms with Gasteiger partial charge in [-0.2, -0.15) is 0 Å². The number of hydrogen-bond acceptors (Lipinski definition) is 2. The molecule has 1 unspecified atom stereocenters. The van der Waals surface area contributed by atoms with Gasteiger partial charge in [-0.1, -0.05) is 13.0 Å². The lowest BCUT2D eigenvalue weighted by atomic mass is 10.0. The maximum atomic E-state index is 10.4. The van der Waals surface area contributed by atoms with E-state index in [1.807, 2.05) is 27.0 Å². The second-order valence-corrected chi connectivity index (χ2v) is 3.56. The van der Waals surface area contributed by atoms with Crippen molar-refractivity contribution in [3.63, 3.8) is 0 Å². The molecule has 0 N–H and O–H groups in total. The van der Waals surface area contributed by atoms with Gasteiger partial charge in [-0.3, -0.25) is 4.98 Å². The minimum atomic E-state index is 0.0870. The normalized spacial score (nSPS) is 12.5. The third-order valence-corrected chi connectivity index (χ3v) is 2.19. The van der Waals surface area contributed by atoms with Gasteiger partial charge in [0.15, 0.2) is 0 Å². The monoisotopic (exact) mass is 177 g/mol. The van der Waals surface area contributed by atoms with E-state index in [1.54, 1.807) is 0 Å². The van der Waals surface area contributed by atoms with Gasteiger partial charge >= 0.3 is 0 Å². The van der Waals surface area contributed by atoms with E-state index in [1.165, 1.54) is 5.56 Å². The number of rotatable bonds is 3. The molecule has 1 rings (SSSR count). The van der Waals surface area contributed by atoms with E-state index in [2.05, 4.69) is 11.1 Å². The molecule has 70 valence electrons.